The summed E-state index contributed by atoms with van der Waals surface area (Å²) in [6.45, 7) is 8.67. The van der Waals surface area contributed by atoms with Crippen LogP contribution in [0.4, 0.5) is 0 Å². The third-order valence-electron chi connectivity index (χ3n) is 7.77. The average Bonchev–Trinajstić information content (AvgIpc) is 2.72. The molecule has 0 aromatic carbocycles. The first-order valence-corrected chi connectivity index (χ1v) is 8.96. The highest BCUT2D eigenvalue weighted by molar-refractivity contribution is 6.02. The third kappa shape index (κ3) is 1.73. The highest BCUT2D eigenvalue weighted by Crippen LogP contribution is 2.64. The molecule has 4 rings (SSSR count). The van der Waals surface area contributed by atoms with Gasteiger partial charge < -0.3 is 5.11 Å². The Hall–Kier alpha value is -0.890. The Morgan fingerprint density at radius 3 is 2.64 bits per heavy atom. The molecule has 6 atom stereocenters. The van der Waals surface area contributed by atoms with E-state index in [1.165, 1.54) is 12.0 Å². The number of aliphatic hydroxyl groups excluding tert-OH is 1. The molecule has 0 aliphatic heterocycles. The molecule has 0 unspecified atom stereocenters. The lowest BCUT2D eigenvalue weighted by Gasteiger charge is -2.56. The second kappa shape index (κ2) is 4.56. The molecule has 3 fully saturated rings. The molecule has 0 spiro atoms. The summed E-state index contributed by atoms with van der Waals surface area (Å²) in [5.41, 5.74) is 2.48. The minimum atomic E-state index is -0.145. The molecule has 3 saturated carbocycles. The van der Waals surface area contributed by atoms with E-state index in [9.17, 15) is 9.90 Å². The van der Waals surface area contributed by atoms with E-state index >= 15 is 0 Å². The summed E-state index contributed by atoms with van der Waals surface area (Å²) in [5.74, 6) is 2.16. The Labute approximate surface area is 133 Å². The van der Waals surface area contributed by atoms with E-state index in [1.807, 2.05) is 0 Å². The summed E-state index contributed by atoms with van der Waals surface area (Å²) >= 11 is 0. The first-order valence-electron chi connectivity index (χ1n) is 8.96. The van der Waals surface area contributed by atoms with Gasteiger partial charge in [0.2, 0.25) is 0 Å². The number of aliphatic hydroxyl groups is 1. The van der Waals surface area contributed by atoms with Crippen LogP contribution in [-0.4, -0.2) is 17.0 Å². The van der Waals surface area contributed by atoms with Crippen LogP contribution in [0, 0.1) is 28.6 Å². The van der Waals surface area contributed by atoms with Gasteiger partial charge in [0.05, 0.1) is 6.10 Å². The Morgan fingerprint density at radius 2 is 1.86 bits per heavy atom. The van der Waals surface area contributed by atoms with Crippen molar-refractivity contribution in [3.8, 4) is 0 Å². The zero-order chi connectivity index (χ0) is 15.7. The summed E-state index contributed by atoms with van der Waals surface area (Å²) in [5, 5.41) is 10.0. The topological polar surface area (TPSA) is 37.3 Å². The summed E-state index contributed by atoms with van der Waals surface area (Å²) in [6.07, 6.45) is 9.40. The molecule has 22 heavy (non-hydrogen) atoms. The van der Waals surface area contributed by atoms with Gasteiger partial charge in [-0.3, -0.25) is 4.79 Å². The highest BCUT2D eigenvalue weighted by Gasteiger charge is 2.59. The van der Waals surface area contributed by atoms with Crippen LogP contribution in [0.1, 0.15) is 58.8 Å². The highest BCUT2D eigenvalue weighted by atomic mass is 16.3. The number of hydrogen-bond acceptors (Lipinski definition) is 2. The number of Topliss-reactive ketones (excluding diaryl/α,β-unsaturated/α-hetero) is 1. The monoisotopic (exact) mass is 300 g/mol. The van der Waals surface area contributed by atoms with Gasteiger partial charge in [-0.15, -0.1) is 0 Å². The van der Waals surface area contributed by atoms with E-state index in [-0.39, 0.29) is 16.9 Å². The molecule has 0 heterocycles. The zero-order valence-electron chi connectivity index (χ0n) is 13.9. The molecule has 4 aliphatic carbocycles. The summed E-state index contributed by atoms with van der Waals surface area (Å²) < 4.78 is 0. The van der Waals surface area contributed by atoms with Crippen molar-refractivity contribution in [3.05, 3.63) is 23.8 Å². The number of allylic oxidation sites excluding steroid dienone is 2. The molecule has 0 saturated heterocycles. The predicted octanol–water partition coefficient (Wildman–Crippen LogP) is 4.05. The molecule has 0 amide bonds. The second-order valence-electron chi connectivity index (χ2n) is 8.75. The van der Waals surface area contributed by atoms with Crippen molar-refractivity contribution >= 4 is 5.78 Å². The van der Waals surface area contributed by atoms with Crippen LogP contribution in [-0.2, 0) is 4.79 Å². The van der Waals surface area contributed by atoms with E-state index in [0.29, 0.717) is 23.5 Å². The fourth-order valence-corrected chi connectivity index (χ4v) is 6.38. The molecular weight excluding hydrogens is 272 g/mol. The molecule has 2 heteroatoms. The fraction of sp³-hybridized carbons (Fsp3) is 0.750. The van der Waals surface area contributed by atoms with Gasteiger partial charge in [-0.25, -0.2) is 0 Å². The van der Waals surface area contributed by atoms with Crippen molar-refractivity contribution in [1.29, 1.82) is 0 Å². The Morgan fingerprint density at radius 1 is 1.14 bits per heavy atom. The molecule has 0 bridgehead atoms. The van der Waals surface area contributed by atoms with Gasteiger partial charge in [-0.2, -0.15) is 0 Å². The van der Waals surface area contributed by atoms with Crippen molar-refractivity contribution in [2.45, 2.75) is 64.9 Å². The second-order valence-corrected chi connectivity index (χ2v) is 8.75. The van der Waals surface area contributed by atoms with E-state index in [2.05, 4.69) is 26.5 Å². The van der Waals surface area contributed by atoms with E-state index in [4.69, 9.17) is 0 Å². The van der Waals surface area contributed by atoms with Gasteiger partial charge in [-0.1, -0.05) is 32.1 Å². The molecule has 0 aromatic rings. The van der Waals surface area contributed by atoms with Crippen LogP contribution >= 0.6 is 0 Å². The van der Waals surface area contributed by atoms with Gasteiger partial charge in [0.25, 0.3) is 0 Å². The normalized spacial score (nSPS) is 51.0. The summed E-state index contributed by atoms with van der Waals surface area (Å²) in [7, 11) is 0. The smallest absolute Gasteiger partial charge is 0.164 e. The van der Waals surface area contributed by atoms with Crippen LogP contribution in [0.2, 0.25) is 0 Å². The van der Waals surface area contributed by atoms with Crippen LogP contribution in [0.25, 0.3) is 0 Å². The maximum Gasteiger partial charge on any atom is 0.164 e. The van der Waals surface area contributed by atoms with Crippen molar-refractivity contribution in [2.75, 3.05) is 0 Å². The lowest BCUT2D eigenvalue weighted by atomic mass is 9.48. The largest absolute Gasteiger partial charge is 0.393 e. The minimum absolute atomic E-state index is 0.141. The van der Waals surface area contributed by atoms with E-state index in [1.54, 1.807) is 0 Å². The molecular formula is C20H28O2. The third-order valence-corrected chi connectivity index (χ3v) is 7.77. The first kappa shape index (κ1) is 14.7. The number of rotatable bonds is 0. The molecule has 0 radical (unpaired) electrons. The summed E-state index contributed by atoms with van der Waals surface area (Å²) in [4.78, 5) is 12.6. The van der Waals surface area contributed by atoms with Gasteiger partial charge in [-0.05, 0) is 73.7 Å². The van der Waals surface area contributed by atoms with E-state index in [0.717, 1.165) is 44.1 Å². The maximum absolute atomic E-state index is 12.6. The van der Waals surface area contributed by atoms with Gasteiger partial charge >= 0.3 is 0 Å². The first-order chi connectivity index (χ1) is 10.4. The molecule has 120 valence electrons. The molecule has 2 nitrogen and oxygen atoms in total. The van der Waals surface area contributed by atoms with Gasteiger partial charge in [0, 0.05) is 5.41 Å². The maximum atomic E-state index is 12.6. The van der Waals surface area contributed by atoms with Crippen LogP contribution in [0.15, 0.2) is 23.8 Å². The zero-order valence-corrected chi connectivity index (χ0v) is 13.9. The quantitative estimate of drug-likeness (QED) is 0.541. The summed E-state index contributed by atoms with van der Waals surface area (Å²) in [6, 6.07) is 0. The number of ketones is 1. The number of carbonyl (C=O) groups excluding carboxylic acids is 1. The van der Waals surface area contributed by atoms with Crippen molar-refractivity contribution < 1.29 is 9.90 Å². The van der Waals surface area contributed by atoms with Crippen molar-refractivity contribution in [1.82, 2.24) is 0 Å². The van der Waals surface area contributed by atoms with Gasteiger partial charge in [0.1, 0.15) is 0 Å². The Balaban J connectivity index is 1.71. The van der Waals surface area contributed by atoms with E-state index < -0.39 is 0 Å². The lowest BCUT2D eigenvalue weighted by Crippen LogP contribution is -2.50. The molecule has 0 aromatic heterocycles. The SMILES string of the molecule is C=C1C[C@H]2[C@@H]3CC=C4C[C@@H](O)CC[C@]4(C)[C@@H]3CC[C@]2(C)C1=O. The Bertz CT molecular complexity index is 574. The lowest BCUT2D eigenvalue weighted by molar-refractivity contribution is -0.130. The number of fused-ring (bicyclic) bond motifs is 5. The minimum Gasteiger partial charge on any atom is -0.393 e. The molecule has 1 N–H and O–H groups in total. The molecule has 4 aliphatic rings. The van der Waals surface area contributed by atoms with Crippen molar-refractivity contribution in [3.63, 3.8) is 0 Å². The Kier molecular flexibility index (Phi) is 3.05. The number of carbonyl (C=O) groups is 1. The van der Waals surface area contributed by atoms with Crippen LogP contribution < -0.4 is 0 Å². The number of hydrogen-bond donors (Lipinski definition) is 1. The average molecular weight is 300 g/mol. The van der Waals surface area contributed by atoms with Crippen LogP contribution in [0.5, 0.6) is 0 Å². The van der Waals surface area contributed by atoms with Crippen molar-refractivity contribution in [2.24, 2.45) is 28.6 Å². The standard InChI is InChI=1S/C20H28O2/c1-12-10-17-15-5-4-13-11-14(21)6-8-19(13,2)16(15)7-9-20(17,3)18(12)22/h4,14-17,21H,1,5-11H2,2-3H3/t14-,15+,16+,17-,19-,20-/m0/s1. The fourth-order valence-electron chi connectivity index (χ4n) is 6.38. The predicted molar refractivity (Wildman–Crippen MR) is 87.2 cm³/mol. The van der Waals surface area contributed by atoms with Gasteiger partial charge in [0.15, 0.2) is 5.78 Å². The van der Waals surface area contributed by atoms with Crippen LogP contribution in [0.3, 0.4) is 0 Å².